The average Bonchev–Trinajstić information content (AvgIpc) is 2.34. The minimum Gasteiger partial charge on any atom is -0.479 e. The highest BCUT2D eigenvalue weighted by molar-refractivity contribution is 14.1. The first kappa shape index (κ1) is 15.7. The van der Waals surface area contributed by atoms with Crippen LogP contribution in [0.3, 0.4) is 0 Å². The van der Waals surface area contributed by atoms with Crippen LogP contribution in [0.4, 0.5) is 10.5 Å². The number of methoxy groups -OCH3 is 1. The highest BCUT2D eigenvalue weighted by Gasteiger charge is 2.17. The zero-order chi connectivity index (χ0) is 14.4. The van der Waals surface area contributed by atoms with Gasteiger partial charge in [-0.05, 0) is 47.2 Å². The van der Waals surface area contributed by atoms with Crippen LogP contribution in [0.15, 0.2) is 18.2 Å². The lowest BCUT2D eigenvalue weighted by atomic mass is 10.2. The van der Waals surface area contributed by atoms with Gasteiger partial charge in [-0.1, -0.05) is 6.07 Å². The van der Waals surface area contributed by atoms with Crippen molar-refractivity contribution in [1.82, 2.24) is 5.32 Å². The summed E-state index contributed by atoms with van der Waals surface area (Å²) >= 11 is 2.17. The molecule has 0 aliphatic rings. The normalized spacial score (nSPS) is 11.7. The fourth-order valence-electron chi connectivity index (χ4n) is 1.30. The lowest BCUT2D eigenvalue weighted by Crippen LogP contribution is -2.39. The van der Waals surface area contributed by atoms with Crippen molar-refractivity contribution in [1.29, 1.82) is 0 Å². The maximum Gasteiger partial charge on any atom is 0.334 e. The summed E-state index contributed by atoms with van der Waals surface area (Å²) in [4.78, 5) is 22.3. The van der Waals surface area contributed by atoms with Crippen molar-refractivity contribution in [2.45, 2.75) is 13.0 Å². The lowest BCUT2D eigenvalue weighted by Gasteiger charge is -2.12. The molecule has 0 heterocycles. The zero-order valence-corrected chi connectivity index (χ0v) is 12.7. The predicted octanol–water partition coefficient (Wildman–Crippen LogP) is 1.82. The summed E-state index contributed by atoms with van der Waals surface area (Å²) in [6, 6.07) is 5.04. The molecule has 1 atom stereocenters. The van der Waals surface area contributed by atoms with Crippen LogP contribution < -0.4 is 10.6 Å². The Balaban J connectivity index is 2.51. The Labute approximate surface area is 124 Å². The van der Waals surface area contributed by atoms with Gasteiger partial charge in [-0.25, -0.2) is 9.59 Å². The third-order valence-corrected chi connectivity index (χ3v) is 3.60. The van der Waals surface area contributed by atoms with Crippen molar-refractivity contribution in [2.75, 3.05) is 19.0 Å². The summed E-state index contributed by atoms with van der Waals surface area (Å²) < 4.78 is 5.74. The quantitative estimate of drug-likeness (QED) is 0.683. The third kappa shape index (κ3) is 5.03. The van der Waals surface area contributed by atoms with E-state index in [0.29, 0.717) is 5.69 Å². The molecule has 6 nitrogen and oxygen atoms in total. The van der Waals surface area contributed by atoms with Gasteiger partial charge in [-0.3, -0.25) is 0 Å². The molecule has 1 unspecified atom stereocenters. The second-order valence-electron chi connectivity index (χ2n) is 3.86. The van der Waals surface area contributed by atoms with Crippen molar-refractivity contribution in [3.63, 3.8) is 0 Å². The van der Waals surface area contributed by atoms with E-state index in [1.807, 2.05) is 19.1 Å². The van der Waals surface area contributed by atoms with E-state index in [1.165, 1.54) is 7.11 Å². The van der Waals surface area contributed by atoms with E-state index < -0.39 is 18.1 Å². The Kier molecular flexibility index (Phi) is 6.03. The number of aliphatic carboxylic acids is 1. The summed E-state index contributed by atoms with van der Waals surface area (Å²) in [5, 5.41) is 13.8. The first-order valence-corrected chi connectivity index (χ1v) is 6.58. The number of hydrogen-bond acceptors (Lipinski definition) is 3. The summed E-state index contributed by atoms with van der Waals surface area (Å²) in [6.45, 7) is 1.88. The number of aryl methyl sites for hydroxylation is 1. The molecular formula is C12H15IN2O4. The summed E-state index contributed by atoms with van der Waals surface area (Å²) in [7, 11) is 1.28. The highest BCUT2D eigenvalue weighted by Crippen LogP contribution is 2.16. The molecule has 0 aliphatic heterocycles. The monoisotopic (exact) mass is 378 g/mol. The van der Waals surface area contributed by atoms with Crippen LogP contribution in [0, 0.1) is 10.5 Å². The first-order chi connectivity index (χ1) is 8.93. The second kappa shape index (κ2) is 7.29. The molecule has 1 aromatic carbocycles. The van der Waals surface area contributed by atoms with Crippen LogP contribution in [0.5, 0.6) is 0 Å². The number of carboxylic acid groups (broad SMARTS) is 1. The van der Waals surface area contributed by atoms with E-state index >= 15 is 0 Å². The topological polar surface area (TPSA) is 87.7 Å². The van der Waals surface area contributed by atoms with Crippen LogP contribution in [0.25, 0.3) is 0 Å². The predicted molar refractivity (Wildman–Crippen MR) is 79.4 cm³/mol. The molecule has 0 radical (unpaired) electrons. The van der Waals surface area contributed by atoms with Gasteiger partial charge in [0, 0.05) is 16.4 Å². The molecule has 0 spiro atoms. The van der Waals surface area contributed by atoms with Crippen LogP contribution >= 0.6 is 22.6 Å². The highest BCUT2D eigenvalue weighted by atomic mass is 127. The SMILES string of the molecule is COC(CNC(=O)Nc1ccc(C)c(I)c1)C(=O)O. The maximum absolute atomic E-state index is 11.6. The second-order valence-corrected chi connectivity index (χ2v) is 5.02. The number of amides is 2. The van der Waals surface area contributed by atoms with Gasteiger partial charge >= 0.3 is 12.0 Å². The van der Waals surface area contributed by atoms with Gasteiger partial charge in [0.25, 0.3) is 0 Å². The van der Waals surface area contributed by atoms with Crippen LogP contribution in [0.1, 0.15) is 5.56 Å². The van der Waals surface area contributed by atoms with Crippen LogP contribution in [-0.2, 0) is 9.53 Å². The number of carboxylic acids is 1. The molecule has 19 heavy (non-hydrogen) atoms. The van der Waals surface area contributed by atoms with Gasteiger partial charge in [0.05, 0.1) is 6.54 Å². The molecule has 0 aromatic heterocycles. The molecule has 0 fully saturated rings. The first-order valence-electron chi connectivity index (χ1n) is 5.50. The number of carbonyl (C=O) groups is 2. The Bertz CT molecular complexity index is 479. The smallest absolute Gasteiger partial charge is 0.334 e. The molecule has 0 saturated heterocycles. The number of nitrogens with one attached hydrogen (secondary N) is 2. The van der Waals surface area contributed by atoms with Crippen molar-refractivity contribution in [3.05, 3.63) is 27.3 Å². The van der Waals surface area contributed by atoms with Gasteiger partial charge < -0.3 is 20.5 Å². The number of carbonyl (C=O) groups excluding carboxylic acids is 1. The minimum atomic E-state index is -1.12. The molecule has 1 aromatic rings. The number of ether oxygens (including phenoxy) is 1. The minimum absolute atomic E-state index is 0.0966. The maximum atomic E-state index is 11.6. The fourth-order valence-corrected chi connectivity index (χ4v) is 1.82. The van der Waals surface area contributed by atoms with E-state index in [4.69, 9.17) is 9.84 Å². The van der Waals surface area contributed by atoms with Crippen molar-refractivity contribution >= 4 is 40.3 Å². The molecular weight excluding hydrogens is 363 g/mol. The van der Waals surface area contributed by atoms with Crippen molar-refractivity contribution < 1.29 is 19.4 Å². The molecule has 1 rings (SSSR count). The van der Waals surface area contributed by atoms with E-state index in [9.17, 15) is 9.59 Å². The molecule has 104 valence electrons. The Morgan fingerprint density at radius 3 is 2.68 bits per heavy atom. The van der Waals surface area contributed by atoms with Crippen molar-refractivity contribution in [2.24, 2.45) is 0 Å². The van der Waals surface area contributed by atoms with E-state index in [1.54, 1.807) is 6.07 Å². The fraction of sp³-hybridized carbons (Fsp3) is 0.333. The van der Waals surface area contributed by atoms with E-state index in [2.05, 4.69) is 33.2 Å². The molecule has 2 amide bonds. The standard InChI is InChI=1S/C12H15IN2O4/c1-7-3-4-8(5-9(7)13)15-12(18)14-6-10(19-2)11(16)17/h3-5,10H,6H2,1-2H3,(H,16,17)(H2,14,15,18). The van der Waals surface area contributed by atoms with Gasteiger partial charge in [-0.2, -0.15) is 0 Å². The van der Waals surface area contributed by atoms with E-state index in [0.717, 1.165) is 9.13 Å². The van der Waals surface area contributed by atoms with Gasteiger partial charge in [0.15, 0.2) is 6.10 Å². The van der Waals surface area contributed by atoms with Crippen LogP contribution in [-0.4, -0.2) is 36.9 Å². The lowest BCUT2D eigenvalue weighted by molar-refractivity contribution is -0.147. The molecule has 7 heteroatoms. The van der Waals surface area contributed by atoms with E-state index in [-0.39, 0.29) is 6.54 Å². The average molecular weight is 378 g/mol. The van der Waals surface area contributed by atoms with Crippen LogP contribution in [0.2, 0.25) is 0 Å². The number of anilines is 1. The van der Waals surface area contributed by atoms with Crippen molar-refractivity contribution in [3.8, 4) is 0 Å². The number of rotatable bonds is 5. The molecule has 0 saturated carbocycles. The largest absolute Gasteiger partial charge is 0.479 e. The Morgan fingerprint density at radius 2 is 2.16 bits per heavy atom. The molecule has 3 N–H and O–H groups in total. The number of benzene rings is 1. The molecule has 0 bridgehead atoms. The number of halogens is 1. The summed E-state index contributed by atoms with van der Waals surface area (Å²) in [6.07, 6.45) is -1.05. The Hall–Kier alpha value is -1.35. The summed E-state index contributed by atoms with van der Waals surface area (Å²) in [5.41, 5.74) is 1.77. The third-order valence-electron chi connectivity index (χ3n) is 2.44. The number of urea groups is 1. The molecule has 0 aliphatic carbocycles. The van der Waals surface area contributed by atoms with Gasteiger partial charge in [-0.15, -0.1) is 0 Å². The van der Waals surface area contributed by atoms with Gasteiger partial charge in [0.2, 0.25) is 0 Å². The van der Waals surface area contributed by atoms with Gasteiger partial charge in [0.1, 0.15) is 0 Å². The zero-order valence-electron chi connectivity index (χ0n) is 10.6. The number of hydrogen-bond donors (Lipinski definition) is 3. The Morgan fingerprint density at radius 1 is 1.47 bits per heavy atom. The summed E-state index contributed by atoms with van der Waals surface area (Å²) in [5.74, 6) is -1.12.